The van der Waals surface area contributed by atoms with E-state index in [1.165, 1.54) is 5.56 Å². The van der Waals surface area contributed by atoms with Gasteiger partial charge >= 0.3 is 0 Å². The first-order chi connectivity index (χ1) is 15.6. The second-order valence-electron chi connectivity index (χ2n) is 7.83. The van der Waals surface area contributed by atoms with E-state index < -0.39 is 0 Å². The van der Waals surface area contributed by atoms with Gasteiger partial charge in [0, 0.05) is 36.1 Å². The highest BCUT2D eigenvalue weighted by Crippen LogP contribution is 2.24. The van der Waals surface area contributed by atoms with Gasteiger partial charge in [-0.15, -0.1) is 0 Å². The predicted molar refractivity (Wildman–Crippen MR) is 127 cm³/mol. The lowest BCUT2D eigenvalue weighted by Gasteiger charge is -2.16. The van der Waals surface area contributed by atoms with Crippen molar-refractivity contribution in [1.82, 2.24) is 0 Å². The summed E-state index contributed by atoms with van der Waals surface area (Å²) in [5.74, 6) is 0.501. The summed E-state index contributed by atoms with van der Waals surface area (Å²) < 4.78 is 5.58. The van der Waals surface area contributed by atoms with Crippen molar-refractivity contribution in [3.8, 4) is 5.75 Å². The van der Waals surface area contributed by atoms with Crippen LogP contribution in [0.25, 0.3) is 0 Å². The molecule has 0 aromatic heterocycles. The molecule has 32 heavy (non-hydrogen) atoms. The average molecular weight is 430 g/mol. The van der Waals surface area contributed by atoms with Crippen LogP contribution in [0.1, 0.15) is 31.4 Å². The van der Waals surface area contributed by atoms with Crippen LogP contribution in [0.4, 0.5) is 17.1 Å². The molecule has 2 N–H and O–H groups in total. The highest BCUT2D eigenvalue weighted by atomic mass is 16.5. The Labute approximate surface area is 188 Å². The highest BCUT2D eigenvalue weighted by molar-refractivity contribution is 5.95. The molecule has 1 aliphatic rings. The molecule has 1 atom stereocenters. The Morgan fingerprint density at radius 2 is 1.66 bits per heavy atom. The number of benzene rings is 3. The van der Waals surface area contributed by atoms with E-state index in [2.05, 4.69) is 29.7 Å². The van der Waals surface area contributed by atoms with Crippen LogP contribution >= 0.6 is 0 Å². The Hall–Kier alpha value is -3.80. The second-order valence-corrected chi connectivity index (χ2v) is 7.83. The van der Waals surface area contributed by atoms with Crippen molar-refractivity contribution < 1.29 is 14.3 Å². The fourth-order valence-corrected chi connectivity index (χ4v) is 3.71. The van der Waals surface area contributed by atoms with Crippen LogP contribution in [-0.2, 0) is 9.59 Å². The SMILES string of the molecule is CC(Nc1ccc(NC(=O)COc2ccc(N3CCCC3=O)cc2)cc1)c1ccccc1. The van der Waals surface area contributed by atoms with Gasteiger partial charge in [-0.3, -0.25) is 9.59 Å². The van der Waals surface area contributed by atoms with Gasteiger partial charge in [0.2, 0.25) is 5.91 Å². The molecule has 1 fully saturated rings. The number of carbonyl (C=O) groups is 2. The first-order valence-electron chi connectivity index (χ1n) is 10.8. The molecule has 4 rings (SSSR count). The van der Waals surface area contributed by atoms with Crippen LogP contribution in [0, 0.1) is 0 Å². The maximum absolute atomic E-state index is 12.2. The fourth-order valence-electron chi connectivity index (χ4n) is 3.71. The molecular weight excluding hydrogens is 402 g/mol. The number of hydrogen-bond donors (Lipinski definition) is 2. The molecule has 6 nitrogen and oxygen atoms in total. The van der Waals surface area contributed by atoms with E-state index in [9.17, 15) is 9.59 Å². The van der Waals surface area contributed by atoms with Crippen molar-refractivity contribution in [3.63, 3.8) is 0 Å². The Kier molecular flexibility index (Phi) is 6.70. The summed E-state index contributed by atoms with van der Waals surface area (Å²) in [7, 11) is 0. The fraction of sp³-hybridized carbons (Fsp3) is 0.231. The number of anilines is 3. The maximum atomic E-state index is 12.2. The molecule has 164 valence electrons. The molecule has 3 aromatic carbocycles. The quantitative estimate of drug-likeness (QED) is 0.528. The smallest absolute Gasteiger partial charge is 0.262 e. The number of rotatable bonds is 8. The maximum Gasteiger partial charge on any atom is 0.262 e. The lowest BCUT2D eigenvalue weighted by molar-refractivity contribution is -0.118. The lowest BCUT2D eigenvalue weighted by Crippen LogP contribution is -2.23. The zero-order valence-electron chi connectivity index (χ0n) is 18.1. The molecule has 0 spiro atoms. The normalized spacial score (nSPS) is 14.2. The summed E-state index contributed by atoms with van der Waals surface area (Å²) in [6.07, 6.45) is 1.49. The predicted octanol–water partition coefficient (Wildman–Crippen LogP) is 5.00. The summed E-state index contributed by atoms with van der Waals surface area (Å²) >= 11 is 0. The number of nitrogens with zero attached hydrogens (tertiary/aromatic N) is 1. The van der Waals surface area contributed by atoms with E-state index >= 15 is 0 Å². The number of carbonyl (C=O) groups excluding carboxylic acids is 2. The van der Waals surface area contributed by atoms with Gasteiger partial charge in [0.15, 0.2) is 6.61 Å². The first kappa shape index (κ1) is 21.4. The minimum absolute atomic E-state index is 0.0902. The number of nitrogens with one attached hydrogen (secondary N) is 2. The second kappa shape index (κ2) is 10.0. The van der Waals surface area contributed by atoms with Gasteiger partial charge in [-0.05, 0) is 67.4 Å². The van der Waals surface area contributed by atoms with Crippen LogP contribution < -0.4 is 20.3 Å². The molecule has 0 radical (unpaired) electrons. The van der Waals surface area contributed by atoms with Gasteiger partial charge < -0.3 is 20.3 Å². The number of hydrogen-bond acceptors (Lipinski definition) is 4. The molecule has 1 saturated heterocycles. The number of ether oxygens (including phenoxy) is 1. The van der Waals surface area contributed by atoms with E-state index in [0.717, 1.165) is 24.3 Å². The van der Waals surface area contributed by atoms with Gasteiger partial charge in [0.25, 0.3) is 5.91 Å². The van der Waals surface area contributed by atoms with Gasteiger partial charge in [-0.2, -0.15) is 0 Å². The van der Waals surface area contributed by atoms with Crippen molar-refractivity contribution in [2.24, 2.45) is 0 Å². The van der Waals surface area contributed by atoms with Crippen molar-refractivity contribution >= 4 is 28.9 Å². The van der Waals surface area contributed by atoms with Gasteiger partial charge in [0.05, 0.1) is 0 Å². The molecule has 0 aliphatic carbocycles. The Morgan fingerprint density at radius 1 is 0.969 bits per heavy atom. The van der Waals surface area contributed by atoms with Crippen LogP contribution in [0.15, 0.2) is 78.9 Å². The third kappa shape index (κ3) is 5.46. The summed E-state index contributed by atoms with van der Waals surface area (Å²) in [6, 6.07) is 25.3. The van der Waals surface area contributed by atoms with Crippen LogP contribution in [0.2, 0.25) is 0 Å². The average Bonchev–Trinajstić information content (AvgIpc) is 3.25. The minimum atomic E-state index is -0.234. The summed E-state index contributed by atoms with van der Waals surface area (Å²) in [4.78, 5) is 25.8. The monoisotopic (exact) mass is 429 g/mol. The summed E-state index contributed by atoms with van der Waals surface area (Å²) in [5, 5.41) is 6.29. The first-order valence-corrected chi connectivity index (χ1v) is 10.8. The van der Waals surface area contributed by atoms with Crippen molar-refractivity contribution in [3.05, 3.63) is 84.4 Å². The van der Waals surface area contributed by atoms with E-state index in [1.54, 1.807) is 17.0 Å². The van der Waals surface area contributed by atoms with Crippen LogP contribution in [0.3, 0.4) is 0 Å². The summed E-state index contributed by atoms with van der Waals surface area (Å²) in [5.41, 5.74) is 3.76. The Balaban J connectivity index is 1.25. The zero-order chi connectivity index (χ0) is 22.3. The van der Waals surface area contributed by atoms with Crippen molar-refractivity contribution in [1.29, 1.82) is 0 Å². The molecule has 0 bridgehead atoms. The largest absolute Gasteiger partial charge is 0.484 e. The third-order valence-corrected chi connectivity index (χ3v) is 5.44. The molecule has 6 heteroatoms. The lowest BCUT2D eigenvalue weighted by atomic mass is 10.1. The molecule has 1 aliphatic heterocycles. The Bertz CT molecular complexity index is 1050. The molecule has 1 unspecified atom stereocenters. The standard InChI is InChI=1S/C26H27N3O3/c1-19(20-6-3-2-4-7-20)27-21-9-11-22(12-10-21)28-25(30)18-32-24-15-13-23(14-16-24)29-17-5-8-26(29)31/h2-4,6-7,9-16,19,27H,5,8,17-18H2,1H3,(H,28,30). The van der Waals surface area contributed by atoms with E-state index in [0.29, 0.717) is 17.9 Å². The molecule has 2 amide bonds. The van der Waals surface area contributed by atoms with Crippen LogP contribution in [-0.4, -0.2) is 25.0 Å². The van der Waals surface area contributed by atoms with E-state index in [1.807, 2.05) is 54.6 Å². The van der Waals surface area contributed by atoms with Gasteiger partial charge in [-0.1, -0.05) is 30.3 Å². The Morgan fingerprint density at radius 3 is 2.31 bits per heavy atom. The third-order valence-electron chi connectivity index (χ3n) is 5.44. The zero-order valence-corrected chi connectivity index (χ0v) is 18.1. The van der Waals surface area contributed by atoms with E-state index in [-0.39, 0.29) is 24.5 Å². The van der Waals surface area contributed by atoms with Crippen LogP contribution in [0.5, 0.6) is 5.75 Å². The molecular formula is C26H27N3O3. The van der Waals surface area contributed by atoms with Gasteiger partial charge in [-0.25, -0.2) is 0 Å². The van der Waals surface area contributed by atoms with Gasteiger partial charge in [0.1, 0.15) is 5.75 Å². The minimum Gasteiger partial charge on any atom is -0.484 e. The van der Waals surface area contributed by atoms with Crippen molar-refractivity contribution in [2.75, 3.05) is 28.7 Å². The summed E-state index contributed by atoms with van der Waals surface area (Å²) in [6.45, 7) is 2.77. The van der Waals surface area contributed by atoms with E-state index in [4.69, 9.17) is 4.74 Å². The topological polar surface area (TPSA) is 70.7 Å². The molecule has 3 aromatic rings. The molecule has 1 heterocycles. The highest BCUT2D eigenvalue weighted by Gasteiger charge is 2.21. The molecule has 0 saturated carbocycles. The van der Waals surface area contributed by atoms with Crippen molar-refractivity contribution in [2.45, 2.75) is 25.8 Å². The number of amides is 2.